The third kappa shape index (κ3) is 3.55. The summed E-state index contributed by atoms with van der Waals surface area (Å²) in [7, 11) is -3.34. The summed E-state index contributed by atoms with van der Waals surface area (Å²) in [6.07, 6.45) is 0.861. The number of aryl methyl sites for hydroxylation is 1. The van der Waals surface area contributed by atoms with Crippen molar-refractivity contribution in [3.63, 3.8) is 0 Å². The molecular formula is C10H18N2O2S2. The van der Waals surface area contributed by atoms with E-state index in [4.69, 9.17) is 5.73 Å². The van der Waals surface area contributed by atoms with E-state index in [1.165, 1.54) is 11.3 Å². The molecule has 0 bridgehead atoms. The Morgan fingerprint density at radius 1 is 1.50 bits per heavy atom. The molecule has 0 aliphatic rings. The van der Waals surface area contributed by atoms with E-state index in [9.17, 15) is 8.42 Å². The Morgan fingerprint density at radius 2 is 2.19 bits per heavy atom. The molecule has 4 nitrogen and oxygen atoms in total. The highest BCUT2D eigenvalue weighted by Gasteiger charge is 2.16. The number of hydrogen-bond acceptors (Lipinski definition) is 4. The van der Waals surface area contributed by atoms with Crippen LogP contribution in [0.2, 0.25) is 0 Å². The van der Waals surface area contributed by atoms with Crippen LogP contribution >= 0.6 is 11.3 Å². The predicted octanol–water partition coefficient (Wildman–Crippen LogP) is 1.18. The molecule has 6 heteroatoms. The lowest BCUT2D eigenvalue weighted by molar-refractivity contribution is 0.546. The molecule has 0 spiro atoms. The van der Waals surface area contributed by atoms with Crippen LogP contribution in [0.4, 0.5) is 0 Å². The van der Waals surface area contributed by atoms with Crippen LogP contribution in [0.5, 0.6) is 0 Å². The van der Waals surface area contributed by atoms with Crippen molar-refractivity contribution in [3.05, 3.63) is 17.0 Å². The van der Waals surface area contributed by atoms with Crippen molar-refractivity contribution >= 4 is 21.4 Å². The first kappa shape index (κ1) is 13.6. The minimum atomic E-state index is -3.34. The summed E-state index contributed by atoms with van der Waals surface area (Å²) in [6.45, 7) is 4.78. The van der Waals surface area contributed by atoms with E-state index in [1.54, 1.807) is 6.07 Å². The highest BCUT2D eigenvalue weighted by atomic mass is 32.2. The van der Waals surface area contributed by atoms with Gasteiger partial charge in [0.05, 0.1) is 0 Å². The van der Waals surface area contributed by atoms with E-state index in [1.807, 2.05) is 19.9 Å². The Labute approximate surface area is 101 Å². The maximum absolute atomic E-state index is 11.8. The zero-order valence-corrected chi connectivity index (χ0v) is 11.2. The van der Waals surface area contributed by atoms with Crippen molar-refractivity contribution in [2.75, 3.05) is 13.1 Å². The first-order valence-electron chi connectivity index (χ1n) is 5.28. The number of nitrogens with one attached hydrogen (secondary N) is 1. The Morgan fingerprint density at radius 3 is 2.69 bits per heavy atom. The maximum atomic E-state index is 11.8. The molecule has 92 valence electrons. The molecule has 0 aliphatic heterocycles. The lowest BCUT2D eigenvalue weighted by Crippen LogP contribution is -2.30. The third-order valence-electron chi connectivity index (χ3n) is 2.27. The van der Waals surface area contributed by atoms with Crippen molar-refractivity contribution in [3.8, 4) is 0 Å². The van der Waals surface area contributed by atoms with Crippen LogP contribution in [0.25, 0.3) is 0 Å². The summed E-state index contributed by atoms with van der Waals surface area (Å²) in [5, 5.41) is 0. The Balaban J connectivity index is 2.70. The van der Waals surface area contributed by atoms with Gasteiger partial charge in [-0.25, -0.2) is 13.1 Å². The van der Waals surface area contributed by atoms with Crippen molar-refractivity contribution in [2.45, 2.75) is 24.5 Å². The molecule has 0 saturated heterocycles. The average Bonchev–Trinajstić information content (AvgIpc) is 2.75. The van der Waals surface area contributed by atoms with Crippen molar-refractivity contribution in [1.29, 1.82) is 0 Å². The molecule has 1 unspecified atom stereocenters. The summed E-state index contributed by atoms with van der Waals surface area (Å²) >= 11 is 1.32. The van der Waals surface area contributed by atoms with Gasteiger partial charge in [-0.1, -0.05) is 13.8 Å². The van der Waals surface area contributed by atoms with Crippen LogP contribution in [0.3, 0.4) is 0 Å². The SMILES string of the molecule is CCc1ccc(S(=O)(=O)NCC(C)CN)s1. The second kappa shape index (κ2) is 5.77. The van der Waals surface area contributed by atoms with Crippen molar-refractivity contribution < 1.29 is 8.42 Å². The number of nitrogens with two attached hydrogens (primary N) is 1. The minimum absolute atomic E-state index is 0.153. The number of hydrogen-bond donors (Lipinski definition) is 2. The Kier molecular flexibility index (Phi) is 4.91. The largest absolute Gasteiger partial charge is 0.330 e. The van der Waals surface area contributed by atoms with Gasteiger partial charge < -0.3 is 5.73 Å². The number of rotatable bonds is 6. The van der Waals surface area contributed by atoms with Gasteiger partial charge in [0.2, 0.25) is 10.0 Å². The van der Waals surface area contributed by atoms with Gasteiger partial charge >= 0.3 is 0 Å². The van der Waals surface area contributed by atoms with Crippen molar-refractivity contribution in [1.82, 2.24) is 4.72 Å². The molecule has 16 heavy (non-hydrogen) atoms. The Bertz CT molecular complexity index is 426. The summed E-state index contributed by atoms with van der Waals surface area (Å²) in [6, 6.07) is 3.50. The Hall–Kier alpha value is -0.430. The zero-order valence-electron chi connectivity index (χ0n) is 9.56. The number of sulfonamides is 1. The average molecular weight is 262 g/mol. The summed E-state index contributed by atoms with van der Waals surface area (Å²) in [5.41, 5.74) is 5.43. The van der Waals surface area contributed by atoms with Crippen LogP contribution in [0.1, 0.15) is 18.7 Å². The highest BCUT2D eigenvalue weighted by Crippen LogP contribution is 2.21. The van der Waals surface area contributed by atoms with Crippen LogP contribution in [0, 0.1) is 5.92 Å². The van der Waals surface area contributed by atoms with Gasteiger partial charge in [-0.3, -0.25) is 0 Å². The molecule has 0 amide bonds. The molecule has 0 fully saturated rings. The molecule has 1 heterocycles. The lowest BCUT2D eigenvalue weighted by Gasteiger charge is -2.09. The molecule has 0 aliphatic carbocycles. The third-order valence-corrected chi connectivity index (χ3v) is 5.42. The topological polar surface area (TPSA) is 72.2 Å². The quantitative estimate of drug-likeness (QED) is 0.808. The normalized spacial score (nSPS) is 13.9. The molecule has 1 aromatic rings. The van der Waals surface area contributed by atoms with Gasteiger partial charge in [-0.2, -0.15) is 0 Å². The fourth-order valence-corrected chi connectivity index (χ4v) is 3.60. The molecular weight excluding hydrogens is 244 g/mol. The van der Waals surface area contributed by atoms with E-state index >= 15 is 0 Å². The van der Waals surface area contributed by atoms with E-state index in [2.05, 4.69) is 4.72 Å². The second-order valence-electron chi connectivity index (χ2n) is 3.77. The van der Waals surface area contributed by atoms with Crippen LogP contribution in [-0.2, 0) is 16.4 Å². The fraction of sp³-hybridized carbons (Fsp3) is 0.600. The number of thiophene rings is 1. The first-order chi connectivity index (χ1) is 7.49. The molecule has 1 atom stereocenters. The predicted molar refractivity (Wildman–Crippen MR) is 67.1 cm³/mol. The van der Waals surface area contributed by atoms with Gasteiger partial charge in [-0.15, -0.1) is 11.3 Å². The van der Waals surface area contributed by atoms with E-state index in [0.29, 0.717) is 17.3 Å². The summed E-state index contributed by atoms with van der Waals surface area (Å²) in [5.74, 6) is 0.153. The van der Waals surface area contributed by atoms with Crippen LogP contribution < -0.4 is 10.5 Å². The smallest absolute Gasteiger partial charge is 0.250 e. The van der Waals surface area contributed by atoms with Crippen LogP contribution in [0.15, 0.2) is 16.3 Å². The van der Waals surface area contributed by atoms with E-state index in [-0.39, 0.29) is 5.92 Å². The van der Waals surface area contributed by atoms with E-state index in [0.717, 1.165) is 11.3 Å². The van der Waals surface area contributed by atoms with Gasteiger partial charge in [0, 0.05) is 11.4 Å². The molecule has 1 aromatic heterocycles. The van der Waals surface area contributed by atoms with E-state index < -0.39 is 10.0 Å². The fourth-order valence-electron chi connectivity index (χ4n) is 1.10. The molecule has 0 radical (unpaired) electrons. The van der Waals surface area contributed by atoms with Gasteiger partial charge in [0.1, 0.15) is 4.21 Å². The standard InChI is InChI=1S/C10H18N2O2S2/c1-3-9-4-5-10(15-9)16(13,14)12-7-8(2)6-11/h4-5,8,12H,3,6-7,11H2,1-2H3. The zero-order chi connectivity index (χ0) is 12.2. The van der Waals surface area contributed by atoms with Crippen molar-refractivity contribution in [2.24, 2.45) is 11.7 Å². The first-order valence-corrected chi connectivity index (χ1v) is 7.58. The summed E-state index contributed by atoms with van der Waals surface area (Å²) < 4.78 is 26.6. The second-order valence-corrected chi connectivity index (χ2v) is 6.93. The van der Waals surface area contributed by atoms with Crippen LogP contribution in [-0.4, -0.2) is 21.5 Å². The molecule has 0 saturated carbocycles. The molecule has 3 N–H and O–H groups in total. The molecule has 0 aromatic carbocycles. The highest BCUT2D eigenvalue weighted by molar-refractivity contribution is 7.91. The molecule has 1 rings (SSSR count). The van der Waals surface area contributed by atoms with Gasteiger partial charge in [0.25, 0.3) is 0 Å². The summed E-state index contributed by atoms with van der Waals surface area (Å²) in [4.78, 5) is 1.08. The van der Waals surface area contributed by atoms with Gasteiger partial charge in [0.15, 0.2) is 0 Å². The maximum Gasteiger partial charge on any atom is 0.250 e. The minimum Gasteiger partial charge on any atom is -0.330 e. The lowest BCUT2D eigenvalue weighted by atomic mass is 10.2. The monoisotopic (exact) mass is 262 g/mol. The van der Waals surface area contributed by atoms with Gasteiger partial charge in [-0.05, 0) is 31.0 Å².